The molecular formula is C28H29N7O3. The number of aromatic nitrogens is 5. The molecular weight excluding hydrogens is 482 g/mol. The smallest absolute Gasteiger partial charge is 0.276 e. The summed E-state index contributed by atoms with van der Waals surface area (Å²) in [5, 5.41) is 10.5. The quantitative estimate of drug-likeness (QED) is 0.423. The number of aliphatic hydroxyl groups is 1. The average molecular weight is 512 g/mol. The molecule has 1 amide bonds. The molecule has 0 spiro atoms. The fourth-order valence-electron chi connectivity index (χ4n) is 5.77. The molecule has 4 aromatic heterocycles. The minimum Gasteiger partial charge on any atom is -0.392 e. The summed E-state index contributed by atoms with van der Waals surface area (Å²) in [5.74, 6) is 0.737. The van der Waals surface area contributed by atoms with E-state index in [1.165, 1.54) is 34.4 Å². The lowest BCUT2D eigenvalue weighted by Gasteiger charge is -2.31. The molecule has 38 heavy (non-hydrogen) atoms. The number of hydrogen-bond donors (Lipinski definition) is 2. The van der Waals surface area contributed by atoms with Crippen molar-refractivity contribution < 1.29 is 9.90 Å². The third-order valence-electron chi connectivity index (χ3n) is 7.49. The molecule has 0 unspecified atom stereocenters. The third kappa shape index (κ3) is 3.88. The van der Waals surface area contributed by atoms with E-state index in [1.54, 1.807) is 29.4 Å². The van der Waals surface area contributed by atoms with Crippen molar-refractivity contribution in [2.75, 3.05) is 16.9 Å². The van der Waals surface area contributed by atoms with Crippen LogP contribution >= 0.6 is 0 Å². The molecule has 0 atom stereocenters. The van der Waals surface area contributed by atoms with Crippen molar-refractivity contribution in [3.05, 3.63) is 87.6 Å². The van der Waals surface area contributed by atoms with Crippen molar-refractivity contribution in [1.82, 2.24) is 24.2 Å². The van der Waals surface area contributed by atoms with Gasteiger partial charge in [0.1, 0.15) is 11.5 Å². The summed E-state index contributed by atoms with van der Waals surface area (Å²) in [5.41, 5.74) is 8.69. The maximum Gasteiger partial charge on any atom is 0.276 e. The zero-order chi connectivity index (χ0) is 26.6. The number of aliphatic hydroxyl groups excluding tert-OH is 1. The highest BCUT2D eigenvalue weighted by Gasteiger charge is 2.37. The third-order valence-corrected chi connectivity index (χ3v) is 7.49. The van der Waals surface area contributed by atoms with E-state index >= 15 is 0 Å². The maximum atomic E-state index is 13.7. The van der Waals surface area contributed by atoms with E-state index in [0.717, 1.165) is 18.4 Å². The summed E-state index contributed by atoms with van der Waals surface area (Å²) < 4.78 is 3.55. The summed E-state index contributed by atoms with van der Waals surface area (Å²) in [4.78, 5) is 40.8. The number of carbonyl (C=O) groups is 1. The van der Waals surface area contributed by atoms with Gasteiger partial charge in [0.2, 0.25) is 0 Å². The molecule has 10 heteroatoms. The van der Waals surface area contributed by atoms with Gasteiger partial charge in [-0.25, -0.2) is 14.6 Å². The lowest BCUT2D eigenvalue weighted by molar-refractivity contribution is 0.0962. The molecule has 6 rings (SSSR count). The van der Waals surface area contributed by atoms with Gasteiger partial charge in [-0.1, -0.05) is 13.8 Å². The van der Waals surface area contributed by atoms with Crippen molar-refractivity contribution >= 4 is 17.5 Å². The van der Waals surface area contributed by atoms with Crippen LogP contribution in [0.3, 0.4) is 0 Å². The molecule has 2 aliphatic rings. The monoisotopic (exact) mass is 511 g/mol. The Balaban J connectivity index is 1.39. The van der Waals surface area contributed by atoms with Gasteiger partial charge in [0.25, 0.3) is 11.5 Å². The van der Waals surface area contributed by atoms with E-state index in [9.17, 15) is 14.7 Å². The molecule has 1 aliphatic heterocycles. The summed E-state index contributed by atoms with van der Waals surface area (Å²) in [6.45, 7) is 7.15. The molecule has 4 aromatic rings. The Morgan fingerprint density at radius 3 is 2.63 bits per heavy atom. The van der Waals surface area contributed by atoms with Crippen LogP contribution in [0.15, 0.2) is 53.8 Å². The molecule has 10 nitrogen and oxygen atoms in total. The van der Waals surface area contributed by atoms with Gasteiger partial charge in [-0.15, -0.1) is 0 Å². The van der Waals surface area contributed by atoms with Crippen LogP contribution in [0, 0.1) is 12.3 Å². The maximum absolute atomic E-state index is 13.7. The predicted molar refractivity (Wildman–Crippen MR) is 143 cm³/mol. The Morgan fingerprint density at radius 1 is 1.03 bits per heavy atom. The average Bonchev–Trinajstić information content (AvgIpc) is 3.39. The Kier molecular flexibility index (Phi) is 5.64. The van der Waals surface area contributed by atoms with Crippen LogP contribution in [0.25, 0.3) is 11.1 Å². The topological polar surface area (TPSA) is 118 Å². The van der Waals surface area contributed by atoms with E-state index in [0.29, 0.717) is 47.2 Å². The molecule has 0 saturated heterocycles. The Morgan fingerprint density at radius 2 is 1.87 bits per heavy atom. The lowest BCUT2D eigenvalue weighted by Crippen LogP contribution is -2.41. The van der Waals surface area contributed by atoms with Crippen molar-refractivity contribution in [2.24, 2.45) is 5.41 Å². The van der Waals surface area contributed by atoms with Gasteiger partial charge in [0.05, 0.1) is 12.8 Å². The number of anilines is 2. The fraction of sp³-hybridized carbons (Fsp3) is 0.321. The summed E-state index contributed by atoms with van der Waals surface area (Å²) in [6.07, 6.45) is 8.17. The second-order valence-electron chi connectivity index (χ2n) is 10.7. The van der Waals surface area contributed by atoms with Crippen molar-refractivity contribution in [3.63, 3.8) is 0 Å². The molecule has 5 heterocycles. The van der Waals surface area contributed by atoms with Crippen molar-refractivity contribution in [3.8, 4) is 11.1 Å². The van der Waals surface area contributed by atoms with Crippen LogP contribution in [-0.2, 0) is 26.0 Å². The first kappa shape index (κ1) is 24.1. The van der Waals surface area contributed by atoms with E-state index in [1.807, 2.05) is 13.0 Å². The Labute approximate surface area is 219 Å². The van der Waals surface area contributed by atoms with Gasteiger partial charge in [0.15, 0.2) is 5.82 Å². The fourth-order valence-corrected chi connectivity index (χ4v) is 5.77. The number of hydrogen-bond acceptors (Lipinski definition) is 7. The van der Waals surface area contributed by atoms with Crippen LogP contribution in [0.2, 0.25) is 0 Å². The zero-order valence-electron chi connectivity index (χ0n) is 21.6. The molecule has 0 saturated carbocycles. The second-order valence-corrected chi connectivity index (χ2v) is 10.7. The largest absolute Gasteiger partial charge is 0.392 e. The number of nitrogens with zero attached hydrogens (tertiary/aromatic N) is 6. The van der Waals surface area contributed by atoms with Gasteiger partial charge < -0.3 is 9.67 Å². The van der Waals surface area contributed by atoms with Gasteiger partial charge in [-0.05, 0) is 54.5 Å². The molecule has 2 N–H and O–H groups in total. The normalized spacial score (nSPS) is 15.9. The summed E-state index contributed by atoms with van der Waals surface area (Å²) in [6, 6.07) is 7.00. The molecule has 1 aliphatic carbocycles. The second kappa shape index (κ2) is 8.91. The first-order chi connectivity index (χ1) is 18.3. The number of fused-ring (bicyclic) bond motifs is 3. The highest BCUT2D eigenvalue weighted by atomic mass is 16.3. The van der Waals surface area contributed by atoms with E-state index < -0.39 is 0 Å². The van der Waals surface area contributed by atoms with Gasteiger partial charge >= 0.3 is 0 Å². The van der Waals surface area contributed by atoms with Crippen LogP contribution in [0.4, 0.5) is 11.6 Å². The SMILES string of the molecule is Cc1c(-c2ccnc(N3CCn4c(cc5c4CC(C)(C)C5)C3=O)c2CO)ccc(=O)n1Nc1cnccn1. The standard InChI is InChI=1S/C28H29N7O3/c1-17-19(4-5-25(37)35(17)32-24-15-29-8-9-30-24)20-6-7-31-26(21(20)16-36)34-11-10-33-22(27(34)38)12-18-13-28(2,3)14-23(18)33/h4-9,12,15,36H,10-11,13-14,16H2,1-3H3,(H,30,32). The number of amides is 1. The molecule has 0 fully saturated rings. The number of carbonyl (C=O) groups excluding carboxylic acids is 1. The molecule has 194 valence electrons. The predicted octanol–water partition coefficient (Wildman–Crippen LogP) is 2.96. The molecule has 0 radical (unpaired) electrons. The highest BCUT2D eigenvalue weighted by Crippen LogP contribution is 2.40. The van der Waals surface area contributed by atoms with E-state index in [2.05, 4.69) is 38.8 Å². The van der Waals surface area contributed by atoms with Crippen molar-refractivity contribution in [1.29, 1.82) is 0 Å². The first-order valence-electron chi connectivity index (χ1n) is 12.7. The van der Waals surface area contributed by atoms with Crippen LogP contribution in [-0.4, -0.2) is 41.8 Å². The summed E-state index contributed by atoms with van der Waals surface area (Å²) >= 11 is 0. The van der Waals surface area contributed by atoms with Crippen LogP contribution in [0.5, 0.6) is 0 Å². The van der Waals surface area contributed by atoms with Gasteiger partial charge in [-0.3, -0.25) is 24.9 Å². The molecule has 0 bridgehead atoms. The van der Waals surface area contributed by atoms with Crippen LogP contribution in [0.1, 0.15) is 46.9 Å². The minimum atomic E-state index is -0.315. The summed E-state index contributed by atoms with van der Waals surface area (Å²) in [7, 11) is 0. The van der Waals surface area contributed by atoms with Gasteiger partial charge in [-0.2, -0.15) is 0 Å². The number of pyridine rings is 2. The molecule has 0 aromatic carbocycles. The zero-order valence-corrected chi connectivity index (χ0v) is 21.6. The Hall–Kier alpha value is -4.31. The number of rotatable bonds is 5. The number of nitrogens with one attached hydrogen (secondary N) is 1. The van der Waals surface area contributed by atoms with Gasteiger partial charge in [0, 0.05) is 60.3 Å². The minimum absolute atomic E-state index is 0.117. The first-order valence-corrected chi connectivity index (χ1v) is 12.7. The Bertz CT molecular complexity index is 1620. The van der Waals surface area contributed by atoms with Crippen LogP contribution < -0.4 is 15.9 Å². The lowest BCUT2D eigenvalue weighted by atomic mass is 9.90. The van der Waals surface area contributed by atoms with E-state index in [4.69, 9.17) is 0 Å². The van der Waals surface area contributed by atoms with E-state index in [-0.39, 0.29) is 23.5 Å². The highest BCUT2D eigenvalue weighted by molar-refractivity contribution is 6.06. The van der Waals surface area contributed by atoms with Crippen molar-refractivity contribution in [2.45, 2.75) is 46.8 Å².